The van der Waals surface area contributed by atoms with Gasteiger partial charge in [-0.2, -0.15) is 0 Å². The summed E-state index contributed by atoms with van der Waals surface area (Å²) in [6.07, 6.45) is -0.882. The van der Waals surface area contributed by atoms with Crippen molar-refractivity contribution in [2.45, 2.75) is 19.2 Å². The molecular weight excluding hydrogens is 267 g/mol. The lowest BCUT2D eigenvalue weighted by Crippen LogP contribution is -2.24. The minimum absolute atomic E-state index is 0.0162. The summed E-state index contributed by atoms with van der Waals surface area (Å²) < 4.78 is 13.7. The maximum Gasteiger partial charge on any atom is 0.147 e. The molecule has 21 heavy (non-hydrogen) atoms. The quantitative estimate of drug-likeness (QED) is 0.640. The Morgan fingerprint density at radius 3 is 2.57 bits per heavy atom. The van der Waals surface area contributed by atoms with Crippen molar-refractivity contribution < 1.29 is 9.50 Å². The second-order valence-electron chi connectivity index (χ2n) is 5.13. The van der Waals surface area contributed by atoms with Gasteiger partial charge in [0.05, 0.1) is 11.2 Å². The highest BCUT2D eigenvalue weighted by molar-refractivity contribution is 5.80. The van der Waals surface area contributed by atoms with Crippen molar-refractivity contribution in [3.8, 4) is 0 Å². The number of hydrogen-bond acceptors (Lipinski definition) is 2. The van der Waals surface area contributed by atoms with Crippen molar-refractivity contribution in [1.82, 2.24) is 10.3 Å². The summed E-state index contributed by atoms with van der Waals surface area (Å²) in [6.45, 7) is 1.97. The predicted octanol–water partition coefficient (Wildman–Crippen LogP) is 3.65. The van der Waals surface area contributed by atoms with Gasteiger partial charge in [0.2, 0.25) is 0 Å². The zero-order chi connectivity index (χ0) is 14.8. The number of aromatic nitrogens is 1. The van der Waals surface area contributed by atoms with Gasteiger partial charge in [-0.1, -0.05) is 42.5 Å². The fourth-order valence-corrected chi connectivity index (χ4v) is 2.45. The first-order valence-corrected chi connectivity index (χ1v) is 6.91. The van der Waals surface area contributed by atoms with Crippen LogP contribution in [0.2, 0.25) is 0 Å². The molecule has 1 aromatic heterocycles. The number of aliphatic hydroxyl groups excluding tert-OH is 1. The van der Waals surface area contributed by atoms with Crippen LogP contribution in [0.3, 0.4) is 0 Å². The van der Waals surface area contributed by atoms with E-state index in [-0.39, 0.29) is 11.9 Å². The Kier molecular flexibility index (Phi) is 3.73. The Morgan fingerprint density at radius 1 is 1.10 bits per heavy atom. The van der Waals surface area contributed by atoms with E-state index >= 15 is 0 Å². The average Bonchev–Trinajstić information content (AvgIpc) is 2.94. The molecule has 1 unspecified atom stereocenters. The van der Waals surface area contributed by atoms with Crippen molar-refractivity contribution in [1.29, 1.82) is 0 Å². The van der Waals surface area contributed by atoms with Gasteiger partial charge in [-0.15, -0.1) is 0 Å². The molecule has 0 aliphatic rings. The molecular formula is C17H17FN2O. The summed E-state index contributed by atoms with van der Waals surface area (Å²) in [5.74, 6) is -0.318. The Labute approximate surface area is 122 Å². The molecule has 0 radical (unpaired) electrons. The van der Waals surface area contributed by atoms with E-state index in [1.165, 1.54) is 6.07 Å². The lowest BCUT2D eigenvalue weighted by molar-refractivity contribution is 0.122. The van der Waals surface area contributed by atoms with Crippen LogP contribution in [-0.2, 0) is 0 Å². The third-order valence-electron chi connectivity index (χ3n) is 3.63. The topological polar surface area (TPSA) is 48.0 Å². The third-order valence-corrected chi connectivity index (χ3v) is 3.63. The molecule has 0 amide bonds. The Bertz CT molecular complexity index is 739. The van der Waals surface area contributed by atoms with Gasteiger partial charge in [-0.05, 0) is 24.6 Å². The molecule has 2 atom stereocenters. The van der Waals surface area contributed by atoms with Crippen molar-refractivity contribution in [2.24, 2.45) is 0 Å². The lowest BCUT2D eigenvalue weighted by atomic mass is 10.1. The number of halogens is 1. The van der Waals surface area contributed by atoms with E-state index in [9.17, 15) is 9.50 Å². The number of aliphatic hydroxyl groups is 1. The fourth-order valence-electron chi connectivity index (χ4n) is 2.45. The molecule has 3 rings (SSSR count). The zero-order valence-electron chi connectivity index (χ0n) is 11.7. The number of benzene rings is 2. The molecule has 0 bridgehead atoms. The molecule has 4 heteroatoms. The van der Waals surface area contributed by atoms with Gasteiger partial charge in [-0.25, -0.2) is 4.39 Å². The van der Waals surface area contributed by atoms with Crippen LogP contribution in [0.5, 0.6) is 0 Å². The molecule has 2 aromatic carbocycles. The number of hydrogen-bond donors (Lipinski definition) is 3. The van der Waals surface area contributed by atoms with Crippen LogP contribution < -0.4 is 5.32 Å². The molecule has 0 fully saturated rings. The first kappa shape index (κ1) is 13.8. The van der Waals surface area contributed by atoms with Gasteiger partial charge in [0.25, 0.3) is 0 Å². The van der Waals surface area contributed by atoms with Crippen LogP contribution in [-0.4, -0.2) is 10.1 Å². The van der Waals surface area contributed by atoms with E-state index in [0.717, 1.165) is 10.9 Å². The summed E-state index contributed by atoms with van der Waals surface area (Å²) in [4.78, 5) is 2.93. The Hall–Kier alpha value is -2.17. The van der Waals surface area contributed by atoms with E-state index in [1.807, 2.05) is 43.3 Å². The smallest absolute Gasteiger partial charge is 0.147 e. The Balaban J connectivity index is 1.81. The summed E-state index contributed by atoms with van der Waals surface area (Å²) in [7, 11) is 0. The van der Waals surface area contributed by atoms with Crippen LogP contribution in [0, 0.1) is 5.82 Å². The normalized spacial score (nSPS) is 14.2. The number of para-hydroxylation sites is 1. The minimum atomic E-state index is -0.882. The second-order valence-corrected chi connectivity index (χ2v) is 5.13. The molecule has 3 N–H and O–H groups in total. The maximum atomic E-state index is 13.7. The summed E-state index contributed by atoms with van der Waals surface area (Å²) in [5.41, 5.74) is 2.05. The van der Waals surface area contributed by atoms with E-state index in [1.54, 1.807) is 12.1 Å². The van der Waals surface area contributed by atoms with Gasteiger partial charge in [-0.3, -0.25) is 5.32 Å². The summed E-state index contributed by atoms with van der Waals surface area (Å²) in [6, 6.07) is 16.5. The minimum Gasteiger partial charge on any atom is -0.373 e. The van der Waals surface area contributed by atoms with Gasteiger partial charge in [0, 0.05) is 11.4 Å². The first-order valence-electron chi connectivity index (χ1n) is 6.91. The van der Waals surface area contributed by atoms with Crippen molar-refractivity contribution >= 4 is 10.9 Å². The third kappa shape index (κ3) is 2.82. The van der Waals surface area contributed by atoms with Gasteiger partial charge in [0.1, 0.15) is 12.0 Å². The molecule has 3 aromatic rings. The van der Waals surface area contributed by atoms with Crippen molar-refractivity contribution in [3.63, 3.8) is 0 Å². The van der Waals surface area contributed by atoms with Gasteiger partial charge < -0.3 is 10.1 Å². The zero-order valence-corrected chi connectivity index (χ0v) is 11.7. The van der Waals surface area contributed by atoms with Crippen molar-refractivity contribution in [2.75, 3.05) is 0 Å². The molecule has 0 aliphatic heterocycles. The van der Waals surface area contributed by atoms with Crippen molar-refractivity contribution in [3.05, 3.63) is 71.7 Å². The average molecular weight is 284 g/mol. The monoisotopic (exact) mass is 284 g/mol. The highest BCUT2D eigenvalue weighted by Crippen LogP contribution is 2.23. The van der Waals surface area contributed by atoms with Gasteiger partial charge in [0.15, 0.2) is 0 Å². The highest BCUT2D eigenvalue weighted by atomic mass is 19.1. The Morgan fingerprint density at radius 2 is 1.86 bits per heavy atom. The van der Waals surface area contributed by atoms with Crippen LogP contribution in [0.15, 0.2) is 54.6 Å². The summed E-state index contributed by atoms with van der Waals surface area (Å²) in [5, 5.41) is 14.1. The number of H-pyrrole nitrogens is 1. The lowest BCUT2D eigenvalue weighted by Gasteiger charge is -2.18. The number of rotatable bonds is 4. The summed E-state index contributed by atoms with van der Waals surface area (Å²) >= 11 is 0. The number of fused-ring (bicyclic) bond motifs is 1. The largest absolute Gasteiger partial charge is 0.373 e. The first-order chi connectivity index (χ1) is 10.1. The van der Waals surface area contributed by atoms with Crippen LogP contribution in [0.25, 0.3) is 10.9 Å². The number of nitrogens with one attached hydrogen (secondary N) is 2. The molecule has 0 spiro atoms. The second kappa shape index (κ2) is 5.68. The molecule has 0 saturated heterocycles. The maximum absolute atomic E-state index is 13.7. The number of aromatic amines is 1. The molecule has 0 saturated carbocycles. The van der Waals surface area contributed by atoms with E-state index in [4.69, 9.17) is 0 Å². The van der Waals surface area contributed by atoms with Crippen LogP contribution in [0.1, 0.15) is 30.5 Å². The molecule has 108 valence electrons. The van der Waals surface area contributed by atoms with E-state index < -0.39 is 6.23 Å². The fraction of sp³-hybridized carbons (Fsp3) is 0.176. The van der Waals surface area contributed by atoms with E-state index in [0.29, 0.717) is 11.2 Å². The molecule has 3 nitrogen and oxygen atoms in total. The molecule has 0 aliphatic carbocycles. The highest BCUT2D eigenvalue weighted by Gasteiger charge is 2.15. The van der Waals surface area contributed by atoms with Crippen LogP contribution >= 0.6 is 0 Å². The standard InChI is InChI=1S/C17H17FN2O/c1-11(12-6-3-2-4-7-12)19-17(21)15-10-13-8-5-9-14(18)16(13)20-15/h2-11,17,19-21H,1H3/t11-,17?/m1/s1. The molecule has 1 heterocycles. The van der Waals surface area contributed by atoms with E-state index in [2.05, 4.69) is 10.3 Å². The predicted molar refractivity (Wildman–Crippen MR) is 81.2 cm³/mol. The van der Waals surface area contributed by atoms with Crippen LogP contribution in [0.4, 0.5) is 4.39 Å². The SMILES string of the molecule is C[C@@H](NC(O)c1cc2cccc(F)c2[nH]1)c1ccccc1. The van der Waals surface area contributed by atoms with Gasteiger partial charge >= 0.3 is 0 Å².